The van der Waals surface area contributed by atoms with E-state index in [2.05, 4.69) is 14.9 Å². The van der Waals surface area contributed by atoms with E-state index in [1.165, 1.54) is 14.2 Å². The van der Waals surface area contributed by atoms with Crippen molar-refractivity contribution in [3.05, 3.63) is 23.9 Å². The lowest BCUT2D eigenvalue weighted by atomic mass is 10.2. The molecule has 1 aromatic heterocycles. The van der Waals surface area contributed by atoms with Crippen LogP contribution < -0.4 is 19.9 Å². The normalized spacial score (nSPS) is 11.2. The number of aromatic nitrogens is 2. The van der Waals surface area contributed by atoms with Gasteiger partial charge in [0, 0.05) is 6.07 Å². The van der Waals surface area contributed by atoms with Crippen molar-refractivity contribution in [2.45, 2.75) is 11.8 Å². The summed E-state index contributed by atoms with van der Waals surface area (Å²) in [7, 11) is -0.854. The van der Waals surface area contributed by atoms with Crippen molar-refractivity contribution in [3.63, 3.8) is 0 Å². The Balaban J connectivity index is 2.42. The summed E-state index contributed by atoms with van der Waals surface area (Å²) in [6.45, 7) is 1.75. The highest BCUT2D eigenvalue weighted by Gasteiger charge is 2.21. The van der Waals surface area contributed by atoms with Crippen LogP contribution in [0.5, 0.6) is 11.5 Å². The number of nitrogens with two attached hydrogens (primary N) is 1. The van der Waals surface area contributed by atoms with Crippen LogP contribution in [0.25, 0.3) is 0 Å². The number of aromatic amines is 1. The summed E-state index contributed by atoms with van der Waals surface area (Å²) < 4.78 is 37.3. The molecule has 1 heterocycles. The van der Waals surface area contributed by atoms with Gasteiger partial charge in [-0.15, -0.1) is 0 Å². The molecule has 2 rings (SSSR count). The zero-order valence-corrected chi connectivity index (χ0v) is 12.6. The molecule has 21 heavy (non-hydrogen) atoms. The third-order valence-electron chi connectivity index (χ3n) is 2.90. The summed E-state index contributed by atoms with van der Waals surface area (Å²) in [5, 5.41) is 5.98. The second kappa shape index (κ2) is 5.52. The van der Waals surface area contributed by atoms with Crippen LogP contribution in [0.3, 0.4) is 0 Å². The van der Waals surface area contributed by atoms with E-state index in [4.69, 9.17) is 15.2 Å². The van der Waals surface area contributed by atoms with Gasteiger partial charge in [-0.1, -0.05) is 0 Å². The standard InChI is InChI=1S/C12H16N4O4S/c1-7-4-9(19-2)10(20-3)5-8(7)16-21(17,18)11-6-14-15-12(11)13/h4-6,16H,1-3H3,(H3,13,14,15). The maximum absolute atomic E-state index is 12.3. The Hall–Kier alpha value is -2.42. The molecule has 0 aliphatic rings. The van der Waals surface area contributed by atoms with E-state index in [1.54, 1.807) is 19.1 Å². The largest absolute Gasteiger partial charge is 0.493 e. The number of benzene rings is 1. The average molecular weight is 312 g/mol. The van der Waals surface area contributed by atoms with Crippen LogP contribution in [0.15, 0.2) is 23.2 Å². The molecule has 0 spiro atoms. The molecule has 8 nitrogen and oxygen atoms in total. The van der Waals surface area contributed by atoms with Crippen molar-refractivity contribution < 1.29 is 17.9 Å². The number of H-pyrrole nitrogens is 1. The highest BCUT2D eigenvalue weighted by atomic mass is 32.2. The zero-order valence-electron chi connectivity index (χ0n) is 11.8. The average Bonchev–Trinajstić information content (AvgIpc) is 2.87. The molecular weight excluding hydrogens is 296 g/mol. The molecule has 114 valence electrons. The molecule has 0 unspecified atom stereocenters. The van der Waals surface area contributed by atoms with Gasteiger partial charge in [0.1, 0.15) is 10.7 Å². The third kappa shape index (κ3) is 2.87. The molecule has 0 atom stereocenters. The molecule has 0 aliphatic heterocycles. The summed E-state index contributed by atoms with van der Waals surface area (Å²) >= 11 is 0. The first-order valence-electron chi connectivity index (χ1n) is 5.93. The van der Waals surface area contributed by atoms with Crippen LogP contribution in [0.2, 0.25) is 0 Å². The predicted molar refractivity (Wildman–Crippen MR) is 78.1 cm³/mol. The van der Waals surface area contributed by atoms with Crippen LogP contribution in [0, 0.1) is 6.92 Å². The number of methoxy groups -OCH3 is 2. The van der Waals surface area contributed by atoms with Crippen molar-refractivity contribution in [3.8, 4) is 11.5 Å². The molecule has 0 bridgehead atoms. The summed E-state index contributed by atoms with van der Waals surface area (Å²) in [4.78, 5) is -0.114. The van der Waals surface area contributed by atoms with E-state index >= 15 is 0 Å². The number of nitrogens with one attached hydrogen (secondary N) is 2. The number of rotatable bonds is 5. The first-order valence-corrected chi connectivity index (χ1v) is 7.41. The topological polar surface area (TPSA) is 119 Å². The predicted octanol–water partition coefficient (Wildman–Crippen LogP) is 1.12. The van der Waals surface area contributed by atoms with E-state index in [9.17, 15) is 8.42 Å². The lowest BCUT2D eigenvalue weighted by Gasteiger charge is -2.14. The molecular formula is C12H16N4O4S. The second-order valence-corrected chi connectivity index (χ2v) is 5.93. The lowest BCUT2D eigenvalue weighted by molar-refractivity contribution is 0.355. The number of nitrogen functional groups attached to an aromatic ring is 1. The summed E-state index contributed by atoms with van der Waals surface area (Å²) in [5.41, 5.74) is 6.59. The molecule has 1 aromatic carbocycles. The molecule has 0 saturated heterocycles. The van der Waals surface area contributed by atoms with Gasteiger partial charge in [0.25, 0.3) is 10.0 Å². The van der Waals surface area contributed by atoms with E-state index in [-0.39, 0.29) is 10.7 Å². The van der Waals surface area contributed by atoms with E-state index < -0.39 is 10.0 Å². The van der Waals surface area contributed by atoms with Gasteiger partial charge in [0.15, 0.2) is 11.5 Å². The van der Waals surface area contributed by atoms with Crippen LogP contribution in [0.4, 0.5) is 11.5 Å². The Morgan fingerprint density at radius 2 is 1.86 bits per heavy atom. The quantitative estimate of drug-likeness (QED) is 0.761. The van der Waals surface area contributed by atoms with Crippen molar-refractivity contribution in [2.24, 2.45) is 0 Å². The lowest BCUT2D eigenvalue weighted by Crippen LogP contribution is -2.14. The second-order valence-electron chi connectivity index (χ2n) is 4.28. The minimum Gasteiger partial charge on any atom is -0.493 e. The highest BCUT2D eigenvalue weighted by molar-refractivity contribution is 7.92. The Bertz CT molecular complexity index is 755. The fraction of sp³-hybridized carbons (Fsp3) is 0.250. The van der Waals surface area contributed by atoms with Crippen molar-refractivity contribution >= 4 is 21.5 Å². The molecule has 0 fully saturated rings. The van der Waals surface area contributed by atoms with Crippen molar-refractivity contribution in [2.75, 3.05) is 24.7 Å². The number of anilines is 2. The highest BCUT2D eigenvalue weighted by Crippen LogP contribution is 2.34. The molecule has 4 N–H and O–H groups in total. The first-order chi connectivity index (χ1) is 9.89. The maximum atomic E-state index is 12.3. The minimum atomic E-state index is -3.83. The number of hydrogen-bond donors (Lipinski definition) is 3. The molecule has 0 aliphatic carbocycles. The van der Waals surface area contributed by atoms with E-state index in [0.717, 1.165) is 6.20 Å². The molecule has 0 radical (unpaired) electrons. The number of aryl methyl sites for hydroxylation is 1. The van der Waals surface area contributed by atoms with Gasteiger partial charge in [-0.05, 0) is 18.6 Å². The summed E-state index contributed by atoms with van der Waals surface area (Å²) in [6.07, 6.45) is 1.15. The van der Waals surface area contributed by atoms with Gasteiger partial charge in [-0.3, -0.25) is 9.82 Å². The molecule has 0 saturated carbocycles. The summed E-state index contributed by atoms with van der Waals surface area (Å²) in [6, 6.07) is 3.22. The Morgan fingerprint density at radius 1 is 1.24 bits per heavy atom. The fourth-order valence-corrected chi connectivity index (χ4v) is 2.94. The summed E-state index contributed by atoms with van der Waals surface area (Å²) in [5.74, 6) is 0.905. The van der Waals surface area contributed by atoms with Gasteiger partial charge >= 0.3 is 0 Å². The zero-order chi connectivity index (χ0) is 15.6. The van der Waals surface area contributed by atoms with Crippen LogP contribution in [-0.2, 0) is 10.0 Å². The Kier molecular flexibility index (Phi) is 3.94. The number of ether oxygens (including phenoxy) is 2. The number of hydrogen-bond acceptors (Lipinski definition) is 6. The van der Waals surface area contributed by atoms with Gasteiger partial charge in [-0.25, -0.2) is 8.42 Å². The van der Waals surface area contributed by atoms with E-state index in [1.807, 2.05) is 0 Å². The first kappa shape index (κ1) is 15.0. The van der Waals surface area contributed by atoms with Crippen LogP contribution in [-0.4, -0.2) is 32.8 Å². The minimum absolute atomic E-state index is 0.0272. The fourth-order valence-electron chi connectivity index (χ4n) is 1.79. The SMILES string of the molecule is COc1cc(C)c(NS(=O)(=O)c2cn[nH]c2N)cc1OC. The van der Waals surface area contributed by atoms with Gasteiger partial charge in [0.2, 0.25) is 0 Å². The van der Waals surface area contributed by atoms with Gasteiger partial charge < -0.3 is 15.2 Å². The monoisotopic (exact) mass is 312 g/mol. The van der Waals surface area contributed by atoms with Crippen molar-refractivity contribution in [1.29, 1.82) is 0 Å². The maximum Gasteiger partial charge on any atom is 0.267 e. The van der Waals surface area contributed by atoms with Crippen molar-refractivity contribution in [1.82, 2.24) is 10.2 Å². The van der Waals surface area contributed by atoms with Gasteiger partial charge in [-0.2, -0.15) is 5.10 Å². The van der Waals surface area contributed by atoms with Crippen LogP contribution >= 0.6 is 0 Å². The van der Waals surface area contributed by atoms with Crippen LogP contribution in [0.1, 0.15) is 5.56 Å². The number of nitrogens with zero attached hydrogens (tertiary/aromatic N) is 1. The smallest absolute Gasteiger partial charge is 0.267 e. The molecule has 0 amide bonds. The third-order valence-corrected chi connectivity index (χ3v) is 4.29. The number of sulfonamides is 1. The Morgan fingerprint density at radius 3 is 2.38 bits per heavy atom. The Labute approximate surface area is 122 Å². The van der Waals surface area contributed by atoms with E-state index in [0.29, 0.717) is 22.7 Å². The van der Waals surface area contributed by atoms with Gasteiger partial charge in [0.05, 0.1) is 26.1 Å². The molecule has 2 aromatic rings. The molecule has 9 heteroatoms.